The molecule has 4 aromatic rings. The Bertz CT molecular complexity index is 1310. The van der Waals surface area contributed by atoms with E-state index in [4.69, 9.17) is 21.4 Å². The number of aromatic nitrogens is 4. The zero-order chi connectivity index (χ0) is 21.5. The molecule has 0 amide bonds. The fourth-order valence-corrected chi connectivity index (χ4v) is 4.98. The van der Waals surface area contributed by atoms with Crippen LogP contribution in [0.4, 0.5) is 0 Å². The fraction of sp³-hybridized carbons (Fsp3) is 0.375. The molecule has 0 unspecified atom stereocenters. The van der Waals surface area contributed by atoms with Gasteiger partial charge in [-0.3, -0.25) is 4.79 Å². The highest BCUT2D eigenvalue weighted by Crippen LogP contribution is 2.34. The third-order valence-electron chi connectivity index (χ3n) is 6.45. The zero-order valence-corrected chi connectivity index (χ0v) is 18.5. The van der Waals surface area contributed by atoms with Crippen LogP contribution in [0.1, 0.15) is 44.3 Å². The molecule has 0 bridgehead atoms. The zero-order valence-electron chi connectivity index (χ0n) is 17.7. The largest absolute Gasteiger partial charge is 0.378 e. The van der Waals surface area contributed by atoms with Gasteiger partial charge in [-0.25, -0.2) is 9.50 Å². The second kappa shape index (κ2) is 8.09. The van der Waals surface area contributed by atoms with Crippen molar-refractivity contribution in [1.82, 2.24) is 19.2 Å². The first-order valence-electron chi connectivity index (χ1n) is 10.7. The van der Waals surface area contributed by atoms with Crippen molar-refractivity contribution in [3.8, 4) is 11.1 Å². The molecular formula is C24H25ClN4O2. The molecule has 3 aromatic heterocycles. The lowest BCUT2D eigenvalue weighted by Crippen LogP contribution is -2.30. The number of halogens is 1. The van der Waals surface area contributed by atoms with Gasteiger partial charge in [-0.05, 0) is 42.5 Å². The first-order valence-corrected chi connectivity index (χ1v) is 11.1. The Morgan fingerprint density at radius 3 is 2.68 bits per heavy atom. The molecular weight excluding hydrogens is 412 g/mol. The van der Waals surface area contributed by atoms with Crippen LogP contribution in [0.2, 0.25) is 5.02 Å². The smallest absolute Gasteiger partial charge is 0.261 e. The molecule has 0 N–H and O–H groups in total. The molecule has 0 spiro atoms. The molecule has 6 nitrogen and oxygen atoms in total. The Hall–Kier alpha value is -2.70. The molecule has 0 aliphatic heterocycles. The summed E-state index contributed by atoms with van der Waals surface area (Å²) in [5.41, 5.74) is 4.09. The van der Waals surface area contributed by atoms with Crippen LogP contribution in [0.5, 0.6) is 0 Å². The van der Waals surface area contributed by atoms with E-state index in [9.17, 15) is 4.79 Å². The van der Waals surface area contributed by atoms with Gasteiger partial charge in [0, 0.05) is 30.6 Å². The first kappa shape index (κ1) is 20.2. The van der Waals surface area contributed by atoms with Gasteiger partial charge < -0.3 is 9.30 Å². The summed E-state index contributed by atoms with van der Waals surface area (Å²) in [5, 5.41) is 6.03. The molecule has 31 heavy (non-hydrogen) atoms. The minimum absolute atomic E-state index is 0.00230. The Morgan fingerprint density at radius 2 is 1.94 bits per heavy atom. The van der Waals surface area contributed by atoms with E-state index >= 15 is 0 Å². The molecule has 1 fully saturated rings. The maximum absolute atomic E-state index is 13.4. The van der Waals surface area contributed by atoms with E-state index in [0.717, 1.165) is 35.2 Å². The van der Waals surface area contributed by atoms with Crippen molar-refractivity contribution >= 4 is 28.2 Å². The number of pyridine rings is 1. The molecule has 0 saturated heterocycles. The standard InChI is InChI=1S/C24H25ClN4O2/c1-15-5-3-4-6-20(15)28-12-11-21-18(24(28)30)13-26-23-22(16-7-9-17(25)10-8-16)19(14-31-2)27-29(21)23/h7-13,15,20H,3-6,14H2,1-2H3/t15-,20+/m0/s1. The van der Waals surface area contributed by atoms with Gasteiger partial charge in [0.05, 0.1) is 28.8 Å². The number of hydrogen-bond acceptors (Lipinski definition) is 4. The number of fused-ring (bicyclic) bond motifs is 3. The summed E-state index contributed by atoms with van der Waals surface area (Å²) in [6.45, 7) is 2.59. The summed E-state index contributed by atoms with van der Waals surface area (Å²) in [5.74, 6) is 0.495. The highest BCUT2D eigenvalue weighted by molar-refractivity contribution is 6.30. The van der Waals surface area contributed by atoms with Gasteiger partial charge >= 0.3 is 0 Å². The molecule has 1 aliphatic rings. The molecule has 7 heteroatoms. The van der Waals surface area contributed by atoms with Gasteiger partial charge in [-0.15, -0.1) is 0 Å². The van der Waals surface area contributed by atoms with E-state index < -0.39 is 0 Å². The topological polar surface area (TPSA) is 61.4 Å². The van der Waals surface area contributed by atoms with Crippen LogP contribution in [0.25, 0.3) is 27.7 Å². The first-order chi connectivity index (χ1) is 15.1. The third-order valence-corrected chi connectivity index (χ3v) is 6.70. The summed E-state index contributed by atoms with van der Waals surface area (Å²) >= 11 is 6.08. The molecule has 160 valence electrons. The van der Waals surface area contributed by atoms with Gasteiger partial charge in [-0.2, -0.15) is 5.10 Å². The maximum atomic E-state index is 13.4. The van der Waals surface area contributed by atoms with Crippen LogP contribution in [0.3, 0.4) is 0 Å². The summed E-state index contributed by atoms with van der Waals surface area (Å²) in [6, 6.07) is 9.83. The second-order valence-electron chi connectivity index (χ2n) is 8.41. The lowest BCUT2D eigenvalue weighted by atomic mass is 9.85. The number of hydrogen-bond donors (Lipinski definition) is 0. The normalized spacial score (nSPS) is 19.3. The van der Waals surface area contributed by atoms with Crippen molar-refractivity contribution in [3.05, 3.63) is 63.8 Å². The van der Waals surface area contributed by atoms with Gasteiger partial charge in [0.1, 0.15) is 0 Å². The SMILES string of the molecule is COCc1nn2c(ncc3c(=O)n([C@@H]4CCCC[C@@H]4C)ccc32)c1-c1ccc(Cl)cc1. The molecule has 3 heterocycles. The quantitative estimate of drug-likeness (QED) is 0.437. The van der Waals surface area contributed by atoms with E-state index in [0.29, 0.717) is 28.6 Å². The maximum Gasteiger partial charge on any atom is 0.261 e. The molecule has 0 radical (unpaired) electrons. The van der Waals surface area contributed by atoms with Crippen LogP contribution in [-0.2, 0) is 11.3 Å². The number of nitrogens with zero attached hydrogens (tertiary/aromatic N) is 4. The fourth-order valence-electron chi connectivity index (χ4n) is 4.85. The van der Waals surface area contributed by atoms with Gasteiger partial charge in [0.15, 0.2) is 5.65 Å². The van der Waals surface area contributed by atoms with Crippen molar-refractivity contribution in [2.75, 3.05) is 7.11 Å². The minimum Gasteiger partial charge on any atom is -0.378 e. The number of ether oxygens (including phenoxy) is 1. The van der Waals surface area contributed by atoms with Crippen molar-refractivity contribution < 1.29 is 4.74 Å². The Balaban J connectivity index is 1.71. The van der Waals surface area contributed by atoms with E-state index in [1.54, 1.807) is 17.8 Å². The lowest BCUT2D eigenvalue weighted by molar-refractivity contribution is 0.181. The van der Waals surface area contributed by atoms with Crippen LogP contribution in [0.15, 0.2) is 47.5 Å². The summed E-state index contributed by atoms with van der Waals surface area (Å²) < 4.78 is 9.06. The molecule has 1 saturated carbocycles. The van der Waals surface area contributed by atoms with E-state index in [-0.39, 0.29) is 11.6 Å². The van der Waals surface area contributed by atoms with Crippen molar-refractivity contribution in [1.29, 1.82) is 0 Å². The molecule has 1 aromatic carbocycles. The van der Waals surface area contributed by atoms with Crippen molar-refractivity contribution in [2.24, 2.45) is 5.92 Å². The van der Waals surface area contributed by atoms with Crippen molar-refractivity contribution in [3.63, 3.8) is 0 Å². The van der Waals surface area contributed by atoms with Gasteiger partial charge in [0.2, 0.25) is 0 Å². The van der Waals surface area contributed by atoms with Crippen LogP contribution < -0.4 is 5.56 Å². The number of methoxy groups -OCH3 is 1. The average Bonchev–Trinajstić information content (AvgIpc) is 3.14. The second-order valence-corrected chi connectivity index (χ2v) is 8.85. The van der Waals surface area contributed by atoms with Crippen molar-refractivity contribution in [2.45, 2.75) is 45.3 Å². The monoisotopic (exact) mass is 436 g/mol. The predicted octanol–water partition coefficient (Wildman–Crippen LogP) is 5.26. The van der Waals surface area contributed by atoms with E-state index in [1.807, 2.05) is 41.1 Å². The summed E-state index contributed by atoms with van der Waals surface area (Å²) in [7, 11) is 1.64. The van der Waals surface area contributed by atoms with E-state index in [2.05, 4.69) is 11.9 Å². The average molecular weight is 437 g/mol. The predicted molar refractivity (Wildman–Crippen MR) is 123 cm³/mol. The summed E-state index contributed by atoms with van der Waals surface area (Å²) in [4.78, 5) is 18.1. The molecule has 1 aliphatic carbocycles. The summed E-state index contributed by atoms with van der Waals surface area (Å²) in [6.07, 6.45) is 8.23. The molecule has 2 atom stereocenters. The highest BCUT2D eigenvalue weighted by atomic mass is 35.5. The Kier molecular flexibility index (Phi) is 5.28. The van der Waals surface area contributed by atoms with E-state index in [1.165, 1.54) is 12.8 Å². The highest BCUT2D eigenvalue weighted by Gasteiger charge is 2.25. The number of benzene rings is 1. The van der Waals surface area contributed by atoms with Crippen LogP contribution in [-0.4, -0.2) is 26.3 Å². The third kappa shape index (κ3) is 3.44. The number of rotatable bonds is 4. The Labute approximate surface area is 185 Å². The lowest BCUT2D eigenvalue weighted by Gasteiger charge is -2.30. The van der Waals surface area contributed by atoms with Crippen LogP contribution >= 0.6 is 11.6 Å². The van der Waals surface area contributed by atoms with Crippen LogP contribution in [0, 0.1) is 5.92 Å². The van der Waals surface area contributed by atoms with Gasteiger partial charge in [0.25, 0.3) is 5.56 Å². The van der Waals surface area contributed by atoms with Gasteiger partial charge in [-0.1, -0.05) is 43.5 Å². The minimum atomic E-state index is 0.00230. The molecule has 5 rings (SSSR count). The Morgan fingerprint density at radius 1 is 1.16 bits per heavy atom.